The highest BCUT2D eigenvalue weighted by Gasteiger charge is 2.38. The van der Waals surface area contributed by atoms with Crippen LogP contribution in [-0.2, 0) is 18.4 Å². The monoisotopic (exact) mass is 322 g/mol. The lowest BCUT2D eigenvalue weighted by atomic mass is 10.3. The van der Waals surface area contributed by atoms with Gasteiger partial charge in [0.2, 0.25) is 0 Å². The zero-order valence-electron chi connectivity index (χ0n) is 13.5. The average molecular weight is 322 g/mol. The van der Waals surface area contributed by atoms with Crippen molar-refractivity contribution in [1.29, 1.82) is 0 Å². The number of benzene rings is 1. The Balaban J connectivity index is 2.66. The standard InChI is InChI=1S/C17H26O4Si/c1-4-17(18)19-14-10-11-15-22(20-5-2,21-6-3)16-12-8-7-9-13-16/h4,7-9,12-13H,1,5-6,10-11,14-15H2,2-3H3. The average Bonchev–Trinajstić information content (AvgIpc) is 2.55. The molecule has 0 aliphatic rings. The van der Waals surface area contributed by atoms with E-state index in [0.29, 0.717) is 19.8 Å². The Labute approximate surface area is 134 Å². The summed E-state index contributed by atoms with van der Waals surface area (Å²) in [7, 11) is -2.42. The van der Waals surface area contributed by atoms with Crippen molar-refractivity contribution >= 4 is 19.7 Å². The van der Waals surface area contributed by atoms with Gasteiger partial charge in [-0.1, -0.05) is 36.9 Å². The SMILES string of the molecule is C=CC(=O)OCCCC[Si](OCC)(OCC)c1ccccc1. The molecule has 22 heavy (non-hydrogen) atoms. The summed E-state index contributed by atoms with van der Waals surface area (Å²) in [6.07, 6.45) is 2.87. The first-order valence-corrected chi connectivity index (χ1v) is 9.83. The largest absolute Gasteiger partial charge is 0.463 e. The van der Waals surface area contributed by atoms with E-state index in [1.165, 1.54) is 6.08 Å². The predicted molar refractivity (Wildman–Crippen MR) is 90.3 cm³/mol. The summed E-state index contributed by atoms with van der Waals surface area (Å²) in [5.41, 5.74) is 0. The Morgan fingerprint density at radius 3 is 2.32 bits per heavy atom. The Bertz CT molecular complexity index is 441. The van der Waals surface area contributed by atoms with Crippen molar-refractivity contribution in [2.45, 2.75) is 32.7 Å². The van der Waals surface area contributed by atoms with Gasteiger partial charge in [0.05, 0.1) is 6.61 Å². The second-order valence-corrected chi connectivity index (χ2v) is 7.97. The van der Waals surface area contributed by atoms with E-state index in [1.807, 2.05) is 32.0 Å². The number of ether oxygens (including phenoxy) is 1. The fourth-order valence-corrected chi connectivity index (χ4v) is 5.69. The molecule has 0 radical (unpaired) electrons. The molecule has 0 amide bonds. The molecule has 122 valence electrons. The van der Waals surface area contributed by atoms with E-state index in [9.17, 15) is 4.79 Å². The van der Waals surface area contributed by atoms with E-state index in [0.717, 1.165) is 24.1 Å². The van der Waals surface area contributed by atoms with Crippen LogP contribution in [0.5, 0.6) is 0 Å². The molecule has 0 fully saturated rings. The number of hydrogen-bond acceptors (Lipinski definition) is 4. The van der Waals surface area contributed by atoms with Gasteiger partial charge < -0.3 is 13.6 Å². The molecule has 0 unspecified atom stereocenters. The molecule has 1 aromatic rings. The third-order valence-corrected chi connectivity index (χ3v) is 7.01. The maximum absolute atomic E-state index is 11.0. The first-order chi connectivity index (χ1) is 10.7. The van der Waals surface area contributed by atoms with Gasteiger partial charge in [-0.05, 0) is 37.9 Å². The lowest BCUT2D eigenvalue weighted by Crippen LogP contribution is -2.53. The number of carbonyl (C=O) groups excluding carboxylic acids is 1. The third kappa shape index (κ3) is 5.75. The summed E-state index contributed by atoms with van der Waals surface area (Å²) in [6.45, 7) is 9.04. The van der Waals surface area contributed by atoms with Crippen molar-refractivity contribution in [1.82, 2.24) is 0 Å². The van der Waals surface area contributed by atoms with Crippen LogP contribution in [0.3, 0.4) is 0 Å². The molecule has 0 N–H and O–H groups in total. The molecule has 0 saturated carbocycles. The van der Waals surface area contributed by atoms with E-state index < -0.39 is 8.56 Å². The molecule has 0 heterocycles. The summed E-state index contributed by atoms with van der Waals surface area (Å²) >= 11 is 0. The van der Waals surface area contributed by atoms with Gasteiger partial charge in [-0.3, -0.25) is 0 Å². The second-order valence-electron chi connectivity index (χ2n) is 4.81. The highest BCUT2D eigenvalue weighted by Crippen LogP contribution is 2.18. The number of hydrogen-bond donors (Lipinski definition) is 0. The molecule has 0 spiro atoms. The van der Waals surface area contributed by atoms with Gasteiger partial charge in [0, 0.05) is 19.3 Å². The molecular formula is C17H26O4Si. The maximum Gasteiger partial charge on any atom is 0.372 e. The normalized spacial score (nSPS) is 11.2. The van der Waals surface area contributed by atoms with Crippen molar-refractivity contribution < 1.29 is 18.4 Å². The summed E-state index contributed by atoms with van der Waals surface area (Å²) < 4.78 is 17.2. The van der Waals surface area contributed by atoms with E-state index in [2.05, 4.69) is 18.7 Å². The van der Waals surface area contributed by atoms with Gasteiger partial charge in [0.1, 0.15) is 0 Å². The van der Waals surface area contributed by atoms with Crippen LogP contribution in [0, 0.1) is 0 Å². The molecular weight excluding hydrogens is 296 g/mol. The van der Waals surface area contributed by atoms with Crippen LogP contribution in [-0.4, -0.2) is 34.4 Å². The molecule has 1 aromatic carbocycles. The number of rotatable bonds is 11. The number of carbonyl (C=O) groups is 1. The minimum atomic E-state index is -2.42. The maximum atomic E-state index is 11.0. The van der Waals surface area contributed by atoms with Gasteiger partial charge in [-0.2, -0.15) is 0 Å². The van der Waals surface area contributed by atoms with E-state index in [-0.39, 0.29) is 5.97 Å². The van der Waals surface area contributed by atoms with Crippen LogP contribution in [0.15, 0.2) is 43.0 Å². The van der Waals surface area contributed by atoms with Crippen molar-refractivity contribution in [2.75, 3.05) is 19.8 Å². The fourth-order valence-electron chi connectivity index (χ4n) is 2.35. The smallest absolute Gasteiger partial charge is 0.372 e. The van der Waals surface area contributed by atoms with E-state index >= 15 is 0 Å². The van der Waals surface area contributed by atoms with Crippen molar-refractivity contribution in [2.24, 2.45) is 0 Å². The summed E-state index contributed by atoms with van der Waals surface area (Å²) in [5.74, 6) is -0.374. The minimum Gasteiger partial charge on any atom is -0.463 e. The van der Waals surface area contributed by atoms with Gasteiger partial charge in [-0.25, -0.2) is 4.79 Å². The molecule has 0 bridgehead atoms. The summed E-state index contributed by atoms with van der Waals surface area (Å²) in [6, 6.07) is 11.0. The first kappa shape index (κ1) is 18.6. The van der Waals surface area contributed by atoms with Gasteiger partial charge >= 0.3 is 14.5 Å². The highest BCUT2D eigenvalue weighted by atomic mass is 28.4. The quantitative estimate of drug-likeness (QED) is 0.272. The molecule has 4 nitrogen and oxygen atoms in total. The zero-order chi connectivity index (χ0) is 16.3. The van der Waals surface area contributed by atoms with Crippen LogP contribution in [0.2, 0.25) is 6.04 Å². The second kappa shape index (κ2) is 10.3. The van der Waals surface area contributed by atoms with Gasteiger partial charge in [0.15, 0.2) is 0 Å². The topological polar surface area (TPSA) is 44.8 Å². The summed E-state index contributed by atoms with van der Waals surface area (Å²) in [4.78, 5) is 11.0. The van der Waals surface area contributed by atoms with E-state index in [4.69, 9.17) is 13.6 Å². The molecule has 0 atom stereocenters. The lowest BCUT2D eigenvalue weighted by Gasteiger charge is -2.30. The van der Waals surface area contributed by atoms with E-state index in [1.54, 1.807) is 0 Å². The van der Waals surface area contributed by atoms with Gasteiger partial charge in [-0.15, -0.1) is 0 Å². The van der Waals surface area contributed by atoms with Crippen molar-refractivity contribution in [3.63, 3.8) is 0 Å². The Hall–Kier alpha value is -1.43. The lowest BCUT2D eigenvalue weighted by molar-refractivity contribution is -0.137. The third-order valence-electron chi connectivity index (χ3n) is 3.28. The fraction of sp³-hybridized carbons (Fsp3) is 0.471. The summed E-state index contributed by atoms with van der Waals surface area (Å²) in [5, 5.41) is 1.15. The van der Waals surface area contributed by atoms with Crippen LogP contribution < -0.4 is 5.19 Å². The first-order valence-electron chi connectivity index (χ1n) is 7.81. The van der Waals surface area contributed by atoms with Crippen molar-refractivity contribution in [3.8, 4) is 0 Å². The number of esters is 1. The molecule has 5 heteroatoms. The van der Waals surface area contributed by atoms with Crippen LogP contribution in [0.25, 0.3) is 0 Å². The minimum absolute atomic E-state index is 0.374. The molecule has 1 rings (SSSR count). The highest BCUT2D eigenvalue weighted by molar-refractivity contribution is 6.81. The molecule has 0 aliphatic carbocycles. The molecule has 0 aliphatic heterocycles. The van der Waals surface area contributed by atoms with Gasteiger partial charge in [0.25, 0.3) is 0 Å². The predicted octanol–water partition coefficient (Wildman–Crippen LogP) is 2.92. The van der Waals surface area contributed by atoms with Crippen molar-refractivity contribution in [3.05, 3.63) is 43.0 Å². The van der Waals surface area contributed by atoms with Crippen LogP contribution >= 0.6 is 0 Å². The van der Waals surface area contributed by atoms with Crippen LogP contribution in [0.1, 0.15) is 26.7 Å². The van der Waals surface area contributed by atoms with Crippen LogP contribution in [0.4, 0.5) is 0 Å². The Morgan fingerprint density at radius 1 is 1.14 bits per heavy atom. The zero-order valence-corrected chi connectivity index (χ0v) is 14.5. The Kier molecular flexibility index (Phi) is 8.73. The number of unbranched alkanes of at least 4 members (excludes halogenated alkanes) is 1. The molecule has 0 aromatic heterocycles. The Morgan fingerprint density at radius 2 is 1.77 bits per heavy atom. The molecule has 0 saturated heterocycles.